The summed E-state index contributed by atoms with van der Waals surface area (Å²) in [4.78, 5) is 0. The molecule has 4 nitrogen and oxygen atoms in total. The average molecular weight is 258 g/mol. The second kappa shape index (κ2) is 4.72. The molecule has 0 atom stereocenters. The first-order valence-electron chi connectivity index (χ1n) is 4.58. The molecule has 0 N–H and O–H groups in total. The molecular formula is C10H9Cl2N3O. The highest BCUT2D eigenvalue weighted by molar-refractivity contribution is 6.34. The van der Waals surface area contributed by atoms with Crippen LogP contribution in [-0.2, 0) is 13.7 Å². The summed E-state index contributed by atoms with van der Waals surface area (Å²) in [6.45, 7) is 0.313. The van der Waals surface area contributed by atoms with Gasteiger partial charge in [0.05, 0.1) is 11.2 Å². The highest BCUT2D eigenvalue weighted by Crippen LogP contribution is 2.28. The maximum absolute atomic E-state index is 5.94. The fraction of sp³-hybridized carbons (Fsp3) is 0.200. The van der Waals surface area contributed by atoms with Crippen molar-refractivity contribution in [1.29, 1.82) is 0 Å². The molecule has 0 bridgehead atoms. The minimum atomic E-state index is 0.313. The third-order valence-corrected chi connectivity index (χ3v) is 2.47. The van der Waals surface area contributed by atoms with E-state index in [1.807, 2.05) is 0 Å². The maximum atomic E-state index is 5.94. The first-order valence-corrected chi connectivity index (χ1v) is 5.34. The third-order valence-electron chi connectivity index (χ3n) is 1.92. The van der Waals surface area contributed by atoms with E-state index in [4.69, 9.17) is 27.9 Å². The molecule has 16 heavy (non-hydrogen) atoms. The number of hydrogen-bond acceptors (Lipinski definition) is 3. The van der Waals surface area contributed by atoms with Gasteiger partial charge in [-0.3, -0.25) is 4.68 Å². The van der Waals surface area contributed by atoms with Crippen LogP contribution in [0.3, 0.4) is 0 Å². The van der Waals surface area contributed by atoms with Gasteiger partial charge >= 0.3 is 0 Å². The lowest BCUT2D eigenvalue weighted by Gasteiger charge is -2.06. The molecule has 0 fully saturated rings. The summed E-state index contributed by atoms with van der Waals surface area (Å²) in [5.74, 6) is 0.541. The quantitative estimate of drug-likeness (QED) is 0.849. The number of halogens is 2. The normalized spacial score (nSPS) is 10.4. The van der Waals surface area contributed by atoms with Gasteiger partial charge in [-0.15, -0.1) is 5.10 Å². The lowest BCUT2D eigenvalue weighted by atomic mass is 10.3. The van der Waals surface area contributed by atoms with E-state index >= 15 is 0 Å². The predicted octanol–water partition coefficient (Wildman–Crippen LogP) is 2.70. The number of rotatable bonds is 3. The number of benzene rings is 1. The van der Waals surface area contributed by atoms with Gasteiger partial charge in [0.1, 0.15) is 18.1 Å². The average Bonchev–Trinajstić information content (AvgIpc) is 2.66. The molecule has 0 saturated carbocycles. The van der Waals surface area contributed by atoms with Gasteiger partial charge < -0.3 is 4.74 Å². The van der Waals surface area contributed by atoms with Crippen LogP contribution >= 0.6 is 23.2 Å². The molecule has 2 aromatic rings. The lowest BCUT2D eigenvalue weighted by molar-refractivity contribution is 0.301. The van der Waals surface area contributed by atoms with Crippen molar-refractivity contribution in [3.63, 3.8) is 0 Å². The molecule has 0 unspecified atom stereocenters. The molecule has 0 aliphatic carbocycles. The smallest absolute Gasteiger partial charge is 0.139 e. The molecule has 1 aromatic heterocycles. The van der Waals surface area contributed by atoms with E-state index in [2.05, 4.69) is 10.3 Å². The molecule has 0 spiro atoms. The second-order valence-electron chi connectivity index (χ2n) is 3.25. The first-order chi connectivity index (χ1) is 7.65. The van der Waals surface area contributed by atoms with Crippen LogP contribution in [0.5, 0.6) is 5.75 Å². The Labute approximate surface area is 103 Å². The van der Waals surface area contributed by atoms with Crippen LogP contribution in [0.1, 0.15) is 5.69 Å². The van der Waals surface area contributed by atoms with Crippen LogP contribution in [0.2, 0.25) is 10.0 Å². The Hall–Kier alpha value is -1.26. The van der Waals surface area contributed by atoms with Crippen LogP contribution in [-0.4, -0.2) is 15.0 Å². The van der Waals surface area contributed by atoms with E-state index in [9.17, 15) is 0 Å². The van der Waals surface area contributed by atoms with Crippen molar-refractivity contribution in [2.45, 2.75) is 6.61 Å². The highest BCUT2D eigenvalue weighted by atomic mass is 35.5. The van der Waals surface area contributed by atoms with Crippen LogP contribution in [0.15, 0.2) is 24.4 Å². The van der Waals surface area contributed by atoms with Crippen LogP contribution in [0.4, 0.5) is 0 Å². The van der Waals surface area contributed by atoms with E-state index in [1.165, 1.54) is 0 Å². The Balaban J connectivity index is 2.07. The first kappa shape index (κ1) is 11.2. The number of aromatic nitrogens is 3. The van der Waals surface area contributed by atoms with Crippen molar-refractivity contribution in [1.82, 2.24) is 15.0 Å². The highest BCUT2D eigenvalue weighted by Gasteiger charge is 2.04. The van der Waals surface area contributed by atoms with Crippen LogP contribution in [0, 0.1) is 0 Å². The fourth-order valence-electron chi connectivity index (χ4n) is 1.20. The van der Waals surface area contributed by atoms with Gasteiger partial charge in [-0.05, 0) is 12.1 Å². The summed E-state index contributed by atoms with van der Waals surface area (Å²) >= 11 is 11.8. The van der Waals surface area contributed by atoms with E-state index < -0.39 is 0 Å². The Morgan fingerprint density at radius 2 is 2.19 bits per heavy atom. The largest absolute Gasteiger partial charge is 0.486 e. The lowest BCUT2D eigenvalue weighted by Crippen LogP contribution is -1.96. The predicted molar refractivity (Wildman–Crippen MR) is 61.8 cm³/mol. The van der Waals surface area contributed by atoms with Crippen molar-refractivity contribution in [2.24, 2.45) is 7.05 Å². The third kappa shape index (κ3) is 2.65. The number of hydrogen-bond donors (Lipinski definition) is 0. The molecule has 0 amide bonds. The van der Waals surface area contributed by atoms with Gasteiger partial charge in [0.15, 0.2) is 0 Å². The summed E-state index contributed by atoms with van der Waals surface area (Å²) < 4.78 is 7.09. The Kier molecular flexibility index (Phi) is 3.31. The van der Waals surface area contributed by atoms with Gasteiger partial charge in [-0.2, -0.15) is 0 Å². The molecular weight excluding hydrogens is 249 g/mol. The van der Waals surface area contributed by atoms with E-state index in [1.54, 1.807) is 36.1 Å². The summed E-state index contributed by atoms with van der Waals surface area (Å²) in [7, 11) is 1.79. The molecule has 1 aromatic carbocycles. The Morgan fingerprint density at radius 1 is 1.38 bits per heavy atom. The summed E-state index contributed by atoms with van der Waals surface area (Å²) in [6, 6.07) is 5.06. The van der Waals surface area contributed by atoms with Crippen molar-refractivity contribution >= 4 is 23.2 Å². The van der Waals surface area contributed by atoms with Gasteiger partial charge in [0, 0.05) is 18.1 Å². The van der Waals surface area contributed by atoms with Crippen molar-refractivity contribution in [3.05, 3.63) is 40.1 Å². The fourth-order valence-corrected chi connectivity index (χ4v) is 1.54. The monoisotopic (exact) mass is 257 g/mol. The summed E-state index contributed by atoms with van der Waals surface area (Å²) in [5, 5.41) is 8.79. The SMILES string of the molecule is Cn1cc(COc2cc(Cl)ccc2Cl)nn1. The molecule has 6 heteroatoms. The second-order valence-corrected chi connectivity index (χ2v) is 4.09. The van der Waals surface area contributed by atoms with Gasteiger partial charge in [-0.25, -0.2) is 0 Å². The molecule has 0 saturated heterocycles. The zero-order chi connectivity index (χ0) is 11.5. The minimum absolute atomic E-state index is 0.313. The van der Waals surface area contributed by atoms with Crippen LogP contribution in [0.25, 0.3) is 0 Å². The topological polar surface area (TPSA) is 39.9 Å². The summed E-state index contributed by atoms with van der Waals surface area (Å²) in [5.41, 5.74) is 0.735. The number of ether oxygens (including phenoxy) is 1. The van der Waals surface area contributed by atoms with Gasteiger partial charge in [-0.1, -0.05) is 28.4 Å². The standard InChI is InChI=1S/C10H9Cl2N3O/c1-15-5-8(13-14-15)6-16-10-4-7(11)2-3-9(10)12/h2-5H,6H2,1H3. The van der Waals surface area contributed by atoms with Crippen molar-refractivity contribution in [2.75, 3.05) is 0 Å². The minimum Gasteiger partial charge on any atom is -0.486 e. The van der Waals surface area contributed by atoms with Gasteiger partial charge in [0.2, 0.25) is 0 Å². The zero-order valence-corrected chi connectivity index (χ0v) is 10.0. The van der Waals surface area contributed by atoms with Gasteiger partial charge in [0.25, 0.3) is 0 Å². The molecule has 2 rings (SSSR count). The molecule has 0 aliphatic rings. The van der Waals surface area contributed by atoms with Crippen molar-refractivity contribution < 1.29 is 4.74 Å². The Morgan fingerprint density at radius 3 is 2.88 bits per heavy atom. The number of aryl methyl sites for hydroxylation is 1. The van der Waals surface area contributed by atoms with Crippen LogP contribution < -0.4 is 4.74 Å². The molecule has 0 aliphatic heterocycles. The maximum Gasteiger partial charge on any atom is 0.139 e. The molecule has 0 radical (unpaired) electrons. The number of nitrogens with zero attached hydrogens (tertiary/aromatic N) is 3. The Bertz CT molecular complexity index is 499. The van der Waals surface area contributed by atoms with Crippen molar-refractivity contribution in [3.8, 4) is 5.75 Å². The molecule has 1 heterocycles. The van der Waals surface area contributed by atoms with E-state index in [0.29, 0.717) is 22.4 Å². The zero-order valence-electron chi connectivity index (χ0n) is 8.52. The summed E-state index contributed by atoms with van der Waals surface area (Å²) in [6.07, 6.45) is 1.78. The van der Waals surface area contributed by atoms with E-state index in [0.717, 1.165) is 5.69 Å². The molecule has 84 valence electrons. The van der Waals surface area contributed by atoms with E-state index in [-0.39, 0.29) is 0 Å².